The summed E-state index contributed by atoms with van der Waals surface area (Å²) in [6.45, 7) is -0.868. The lowest BCUT2D eigenvalue weighted by Crippen LogP contribution is -2.25. The van der Waals surface area contributed by atoms with E-state index in [2.05, 4.69) is 5.32 Å². The zero-order chi connectivity index (χ0) is 19.2. The van der Waals surface area contributed by atoms with Crippen molar-refractivity contribution in [3.05, 3.63) is 48.0 Å². The summed E-state index contributed by atoms with van der Waals surface area (Å²) in [5.74, 6) is -0.0408. The molecular formula is C19H17NO7. The van der Waals surface area contributed by atoms with Gasteiger partial charge >= 0.3 is 5.97 Å². The summed E-state index contributed by atoms with van der Waals surface area (Å²) in [5, 5.41) is 2.61. The Morgan fingerprint density at radius 1 is 1.11 bits per heavy atom. The number of hydrogen-bond acceptors (Lipinski definition) is 7. The fourth-order valence-corrected chi connectivity index (χ4v) is 2.40. The number of Topliss-reactive ketones (excluding diaryl/α,β-unsaturated/α-hetero) is 1. The predicted molar refractivity (Wildman–Crippen MR) is 94.3 cm³/mol. The number of amides is 1. The first kappa shape index (κ1) is 18.2. The summed E-state index contributed by atoms with van der Waals surface area (Å²) in [6, 6.07) is 11.5. The molecule has 3 rings (SSSR count). The van der Waals surface area contributed by atoms with Gasteiger partial charge < -0.3 is 24.3 Å². The third kappa shape index (κ3) is 4.55. The maximum atomic E-state index is 12.2. The van der Waals surface area contributed by atoms with Crippen molar-refractivity contribution in [3.8, 4) is 17.2 Å². The smallest absolute Gasteiger partial charge is 0.344 e. The number of methoxy groups -OCH3 is 1. The highest BCUT2D eigenvalue weighted by atomic mass is 16.6. The zero-order valence-corrected chi connectivity index (χ0v) is 14.5. The van der Waals surface area contributed by atoms with Crippen LogP contribution in [-0.4, -0.2) is 44.6 Å². The minimum atomic E-state index is -0.691. The molecule has 2 aromatic carbocycles. The fraction of sp³-hybridized carbons (Fsp3) is 0.211. The van der Waals surface area contributed by atoms with Gasteiger partial charge in [-0.15, -0.1) is 0 Å². The van der Waals surface area contributed by atoms with Gasteiger partial charge in [-0.05, 0) is 30.3 Å². The molecule has 8 nitrogen and oxygen atoms in total. The second-order valence-corrected chi connectivity index (χ2v) is 5.57. The van der Waals surface area contributed by atoms with Gasteiger partial charge in [0.25, 0.3) is 5.91 Å². The molecule has 0 atom stereocenters. The van der Waals surface area contributed by atoms with Gasteiger partial charge in [-0.25, -0.2) is 4.79 Å². The number of benzene rings is 2. The van der Waals surface area contributed by atoms with E-state index in [9.17, 15) is 14.4 Å². The summed E-state index contributed by atoms with van der Waals surface area (Å²) < 4.78 is 20.6. The van der Waals surface area contributed by atoms with E-state index in [0.717, 1.165) is 0 Å². The van der Waals surface area contributed by atoms with Crippen LogP contribution in [0.3, 0.4) is 0 Å². The Morgan fingerprint density at radius 3 is 2.67 bits per heavy atom. The Kier molecular flexibility index (Phi) is 5.55. The normalized spacial score (nSPS) is 12.3. The number of para-hydroxylation sites is 2. The van der Waals surface area contributed by atoms with Crippen LogP contribution in [0.1, 0.15) is 10.4 Å². The van der Waals surface area contributed by atoms with Gasteiger partial charge in [0.1, 0.15) is 5.75 Å². The molecule has 0 unspecified atom stereocenters. The molecule has 1 heterocycles. The second-order valence-electron chi connectivity index (χ2n) is 5.57. The maximum Gasteiger partial charge on any atom is 0.344 e. The van der Waals surface area contributed by atoms with E-state index < -0.39 is 18.4 Å². The van der Waals surface area contributed by atoms with E-state index in [1.165, 1.54) is 19.2 Å². The van der Waals surface area contributed by atoms with Gasteiger partial charge in [0.05, 0.1) is 12.8 Å². The van der Waals surface area contributed by atoms with E-state index in [0.29, 0.717) is 22.9 Å². The summed E-state index contributed by atoms with van der Waals surface area (Å²) in [4.78, 5) is 35.4. The van der Waals surface area contributed by atoms with Crippen LogP contribution in [0, 0.1) is 0 Å². The van der Waals surface area contributed by atoms with E-state index in [1.54, 1.807) is 30.3 Å². The van der Waals surface area contributed by atoms with Crippen molar-refractivity contribution in [1.82, 2.24) is 0 Å². The highest BCUT2D eigenvalue weighted by molar-refractivity contribution is 6.01. The van der Waals surface area contributed by atoms with Gasteiger partial charge in [-0.3, -0.25) is 9.59 Å². The Hall–Kier alpha value is -3.55. The Morgan fingerprint density at radius 2 is 1.89 bits per heavy atom. The van der Waals surface area contributed by atoms with Gasteiger partial charge in [-0.2, -0.15) is 0 Å². The quantitative estimate of drug-likeness (QED) is 0.585. The van der Waals surface area contributed by atoms with Crippen molar-refractivity contribution in [1.29, 1.82) is 0 Å². The molecular weight excluding hydrogens is 354 g/mol. The van der Waals surface area contributed by atoms with Crippen LogP contribution >= 0.6 is 0 Å². The molecule has 0 saturated heterocycles. The Balaban J connectivity index is 1.52. The molecule has 8 heteroatoms. The average Bonchev–Trinajstić information content (AvgIpc) is 2.70. The predicted octanol–water partition coefficient (Wildman–Crippen LogP) is 1.83. The number of fused-ring (bicyclic) bond motifs is 1. The van der Waals surface area contributed by atoms with Gasteiger partial charge in [0.15, 0.2) is 37.1 Å². The Bertz CT molecular complexity index is 878. The van der Waals surface area contributed by atoms with Crippen LogP contribution in [0.4, 0.5) is 5.69 Å². The molecule has 1 aliphatic rings. The lowest BCUT2D eigenvalue weighted by atomic mass is 10.1. The molecule has 0 saturated carbocycles. The lowest BCUT2D eigenvalue weighted by Gasteiger charge is -2.18. The minimum Gasteiger partial charge on any atom is -0.493 e. The summed E-state index contributed by atoms with van der Waals surface area (Å²) in [5.41, 5.74) is 0.695. The zero-order valence-electron chi connectivity index (χ0n) is 14.5. The van der Waals surface area contributed by atoms with Crippen molar-refractivity contribution < 1.29 is 33.3 Å². The summed E-state index contributed by atoms with van der Waals surface area (Å²) in [6.07, 6.45) is 0. The van der Waals surface area contributed by atoms with Gasteiger partial charge in [0.2, 0.25) is 0 Å². The number of hydrogen-bond donors (Lipinski definition) is 1. The molecule has 140 valence electrons. The highest BCUT2D eigenvalue weighted by Crippen LogP contribution is 2.28. The average molecular weight is 371 g/mol. The van der Waals surface area contributed by atoms with Crippen molar-refractivity contribution in [2.24, 2.45) is 0 Å². The van der Waals surface area contributed by atoms with Crippen molar-refractivity contribution >= 4 is 23.3 Å². The van der Waals surface area contributed by atoms with Gasteiger partial charge in [-0.1, -0.05) is 12.1 Å². The maximum absolute atomic E-state index is 12.2. The van der Waals surface area contributed by atoms with Crippen molar-refractivity contribution in [2.45, 2.75) is 0 Å². The topological polar surface area (TPSA) is 100 Å². The van der Waals surface area contributed by atoms with E-state index in [-0.39, 0.29) is 24.7 Å². The lowest BCUT2D eigenvalue weighted by molar-refractivity contribution is -0.144. The summed E-state index contributed by atoms with van der Waals surface area (Å²) in [7, 11) is 1.49. The number of ketones is 1. The number of nitrogens with one attached hydrogen (secondary N) is 1. The third-order valence-corrected chi connectivity index (χ3v) is 3.71. The minimum absolute atomic E-state index is 0.0654. The van der Waals surface area contributed by atoms with Crippen LogP contribution in [0.25, 0.3) is 0 Å². The molecule has 27 heavy (non-hydrogen) atoms. The number of esters is 1. The van der Waals surface area contributed by atoms with E-state index in [1.807, 2.05) is 0 Å². The molecule has 1 N–H and O–H groups in total. The van der Waals surface area contributed by atoms with Crippen LogP contribution < -0.4 is 19.5 Å². The Labute approximate surface area is 155 Å². The number of carbonyl (C=O) groups excluding carboxylic acids is 3. The monoisotopic (exact) mass is 371 g/mol. The molecule has 0 aliphatic carbocycles. The van der Waals surface area contributed by atoms with Crippen LogP contribution in [-0.2, 0) is 14.3 Å². The molecule has 1 aliphatic heterocycles. The highest BCUT2D eigenvalue weighted by Gasteiger charge is 2.18. The van der Waals surface area contributed by atoms with Crippen LogP contribution in [0.15, 0.2) is 42.5 Å². The van der Waals surface area contributed by atoms with Gasteiger partial charge in [0, 0.05) is 5.56 Å². The molecule has 0 spiro atoms. The van der Waals surface area contributed by atoms with E-state index >= 15 is 0 Å². The fourth-order valence-electron chi connectivity index (χ4n) is 2.40. The SMILES string of the molecule is COc1ccccc1OCC(=O)OCC(=O)c1ccc2c(c1)NC(=O)CO2. The first-order valence-electron chi connectivity index (χ1n) is 8.08. The number of rotatable bonds is 7. The largest absolute Gasteiger partial charge is 0.493 e. The second kappa shape index (κ2) is 8.22. The first-order valence-corrected chi connectivity index (χ1v) is 8.08. The molecule has 0 radical (unpaired) electrons. The molecule has 0 bridgehead atoms. The number of carbonyl (C=O) groups is 3. The third-order valence-electron chi connectivity index (χ3n) is 3.71. The first-order chi connectivity index (χ1) is 13.1. The van der Waals surface area contributed by atoms with E-state index in [4.69, 9.17) is 18.9 Å². The van der Waals surface area contributed by atoms with Crippen LogP contribution in [0.5, 0.6) is 17.2 Å². The number of anilines is 1. The molecule has 0 fully saturated rings. The van der Waals surface area contributed by atoms with Crippen LogP contribution in [0.2, 0.25) is 0 Å². The standard InChI is InChI=1S/C19H17NO7/c1-24-16-4-2-3-5-17(16)26-11-19(23)27-9-14(21)12-6-7-15-13(8-12)20-18(22)10-25-15/h2-8H,9-11H2,1H3,(H,20,22). The van der Waals surface area contributed by atoms with Crippen molar-refractivity contribution in [2.75, 3.05) is 32.2 Å². The van der Waals surface area contributed by atoms with Crippen molar-refractivity contribution in [3.63, 3.8) is 0 Å². The molecule has 0 aromatic heterocycles. The molecule has 2 aromatic rings. The summed E-state index contributed by atoms with van der Waals surface area (Å²) >= 11 is 0. The molecule has 1 amide bonds. The number of ether oxygens (including phenoxy) is 4.